The lowest BCUT2D eigenvalue weighted by molar-refractivity contribution is -0.115. The molecule has 35 heavy (non-hydrogen) atoms. The van der Waals surface area contributed by atoms with Gasteiger partial charge in [0.05, 0.1) is 16.1 Å². The van der Waals surface area contributed by atoms with E-state index in [1.807, 2.05) is 12.1 Å². The number of thiocarbonyl (C=S) groups is 1. The van der Waals surface area contributed by atoms with Gasteiger partial charge in [0.2, 0.25) is 11.8 Å². The van der Waals surface area contributed by atoms with Crippen molar-refractivity contribution in [3.8, 4) is 23.0 Å². The average Bonchev–Trinajstić information content (AvgIpc) is 3.22. The Morgan fingerprint density at radius 1 is 1.11 bits per heavy atom. The first-order valence-corrected chi connectivity index (χ1v) is 12.7. The van der Waals surface area contributed by atoms with Crippen LogP contribution >= 0.6 is 60.0 Å². The number of carbonyl (C=O) groups is 1. The number of aromatic hydroxyl groups is 1. The van der Waals surface area contributed by atoms with Gasteiger partial charge in [0.25, 0.3) is 0 Å². The molecule has 4 aromatic rings. The second kappa shape index (κ2) is 10.9. The standard InChI is InChI=1S/C24H16Br3N3O4S/c1-33-22-12(8-14(25)10-17(22)27)3-7-21(32)30-24(35)28-15-4-6-20-18(11-15)29-23(34-20)13-2-5-19(31)16(26)9-13/h2-11,31H,1H3,(H2,28,30,32,35). The van der Waals surface area contributed by atoms with Crippen molar-refractivity contribution in [1.82, 2.24) is 10.3 Å². The molecule has 7 nitrogen and oxygen atoms in total. The Morgan fingerprint density at radius 3 is 2.66 bits per heavy atom. The maximum Gasteiger partial charge on any atom is 0.250 e. The molecule has 178 valence electrons. The molecule has 0 fully saturated rings. The summed E-state index contributed by atoms with van der Waals surface area (Å²) in [7, 11) is 1.56. The topological polar surface area (TPSA) is 96.6 Å². The zero-order chi connectivity index (χ0) is 25.1. The molecule has 0 bridgehead atoms. The lowest BCUT2D eigenvalue weighted by atomic mass is 10.2. The van der Waals surface area contributed by atoms with E-state index in [1.54, 1.807) is 49.6 Å². The van der Waals surface area contributed by atoms with Crippen LogP contribution in [0.5, 0.6) is 11.5 Å². The minimum Gasteiger partial charge on any atom is -0.507 e. The van der Waals surface area contributed by atoms with E-state index < -0.39 is 5.91 Å². The average molecular weight is 682 g/mol. The molecule has 0 aliphatic carbocycles. The van der Waals surface area contributed by atoms with Crippen LogP contribution in [0.1, 0.15) is 5.56 Å². The van der Waals surface area contributed by atoms with E-state index in [2.05, 4.69) is 63.4 Å². The van der Waals surface area contributed by atoms with E-state index in [9.17, 15) is 9.90 Å². The van der Waals surface area contributed by atoms with Gasteiger partial charge in [-0.25, -0.2) is 4.98 Å². The minimum atomic E-state index is -0.400. The Kier molecular flexibility index (Phi) is 7.90. The van der Waals surface area contributed by atoms with Crippen LogP contribution in [0.3, 0.4) is 0 Å². The number of benzene rings is 3. The van der Waals surface area contributed by atoms with Gasteiger partial charge in [0, 0.05) is 27.4 Å². The second-order valence-corrected chi connectivity index (χ2v) is 10.2. The summed E-state index contributed by atoms with van der Waals surface area (Å²) < 4.78 is 13.3. The van der Waals surface area contributed by atoms with Crippen LogP contribution in [0, 0.1) is 0 Å². The third kappa shape index (κ3) is 6.10. The number of nitrogens with zero attached hydrogens (tertiary/aromatic N) is 1. The number of hydrogen-bond donors (Lipinski definition) is 3. The normalized spacial score (nSPS) is 11.1. The number of phenols is 1. The quantitative estimate of drug-likeness (QED) is 0.154. The summed E-state index contributed by atoms with van der Waals surface area (Å²) in [4.78, 5) is 16.9. The molecular formula is C24H16Br3N3O4S. The maximum absolute atomic E-state index is 12.4. The first-order valence-electron chi connectivity index (χ1n) is 9.96. The van der Waals surface area contributed by atoms with Crippen LogP contribution in [-0.2, 0) is 4.79 Å². The molecule has 3 aromatic carbocycles. The summed E-state index contributed by atoms with van der Waals surface area (Å²) in [6, 6.07) is 14.0. The van der Waals surface area contributed by atoms with Crippen molar-refractivity contribution in [3.63, 3.8) is 0 Å². The number of amides is 1. The predicted molar refractivity (Wildman–Crippen MR) is 151 cm³/mol. The number of aromatic nitrogens is 1. The van der Waals surface area contributed by atoms with Gasteiger partial charge in [0.1, 0.15) is 17.0 Å². The zero-order valence-electron chi connectivity index (χ0n) is 17.9. The first kappa shape index (κ1) is 25.4. The van der Waals surface area contributed by atoms with E-state index in [0.29, 0.717) is 38.5 Å². The number of halogens is 3. The molecule has 0 atom stereocenters. The van der Waals surface area contributed by atoms with Gasteiger partial charge in [-0.2, -0.15) is 0 Å². The highest BCUT2D eigenvalue weighted by Crippen LogP contribution is 2.34. The highest BCUT2D eigenvalue weighted by atomic mass is 79.9. The minimum absolute atomic E-state index is 0.130. The van der Waals surface area contributed by atoms with E-state index in [4.69, 9.17) is 21.4 Å². The Balaban J connectivity index is 1.43. The van der Waals surface area contributed by atoms with E-state index in [1.165, 1.54) is 6.08 Å². The number of methoxy groups -OCH3 is 1. The van der Waals surface area contributed by atoms with Gasteiger partial charge in [-0.1, -0.05) is 15.9 Å². The number of hydrogen-bond acceptors (Lipinski definition) is 6. The van der Waals surface area contributed by atoms with Crippen LogP contribution in [0.15, 0.2) is 72.4 Å². The summed E-state index contributed by atoms with van der Waals surface area (Å²) in [5, 5.41) is 15.4. The number of oxazole rings is 1. The maximum atomic E-state index is 12.4. The monoisotopic (exact) mass is 679 g/mol. The molecule has 11 heteroatoms. The van der Waals surface area contributed by atoms with E-state index >= 15 is 0 Å². The molecular weight excluding hydrogens is 666 g/mol. The van der Waals surface area contributed by atoms with Gasteiger partial charge in [-0.05, 0) is 98.7 Å². The highest BCUT2D eigenvalue weighted by Gasteiger charge is 2.12. The Hall–Kier alpha value is -2.73. The van der Waals surface area contributed by atoms with Crippen molar-refractivity contribution in [2.45, 2.75) is 0 Å². The number of rotatable bonds is 5. The van der Waals surface area contributed by atoms with Crippen LogP contribution in [0.4, 0.5) is 5.69 Å². The molecule has 1 amide bonds. The van der Waals surface area contributed by atoms with Crippen molar-refractivity contribution in [2.75, 3.05) is 12.4 Å². The Bertz CT molecular complexity index is 1490. The fourth-order valence-corrected chi connectivity index (χ4v) is 5.19. The fourth-order valence-electron chi connectivity index (χ4n) is 3.17. The lowest BCUT2D eigenvalue weighted by Crippen LogP contribution is -2.32. The number of nitrogens with one attached hydrogen (secondary N) is 2. The van der Waals surface area contributed by atoms with E-state index in [0.717, 1.165) is 14.5 Å². The molecule has 0 saturated carbocycles. The van der Waals surface area contributed by atoms with Crippen molar-refractivity contribution in [3.05, 3.63) is 73.6 Å². The van der Waals surface area contributed by atoms with Gasteiger partial charge in [-0.3, -0.25) is 10.1 Å². The molecule has 1 heterocycles. The lowest BCUT2D eigenvalue weighted by Gasteiger charge is -2.09. The summed E-state index contributed by atoms with van der Waals surface area (Å²) in [5.41, 5.74) is 3.26. The summed E-state index contributed by atoms with van der Waals surface area (Å²) in [6.07, 6.45) is 3.00. The first-order chi connectivity index (χ1) is 16.7. The number of fused-ring (bicyclic) bond motifs is 1. The van der Waals surface area contributed by atoms with Gasteiger partial charge < -0.3 is 19.6 Å². The molecule has 0 saturated heterocycles. The van der Waals surface area contributed by atoms with Crippen LogP contribution in [-0.4, -0.2) is 28.2 Å². The second-order valence-electron chi connectivity index (χ2n) is 7.15. The zero-order valence-corrected chi connectivity index (χ0v) is 23.5. The molecule has 0 aliphatic heterocycles. The van der Waals surface area contributed by atoms with Crippen LogP contribution in [0.25, 0.3) is 28.6 Å². The Labute approximate surface area is 231 Å². The van der Waals surface area contributed by atoms with Crippen molar-refractivity contribution >= 4 is 93.9 Å². The number of carbonyl (C=O) groups excluding carboxylic acids is 1. The third-order valence-corrected chi connectivity index (χ3v) is 6.62. The van der Waals surface area contributed by atoms with Crippen molar-refractivity contribution in [1.29, 1.82) is 0 Å². The largest absolute Gasteiger partial charge is 0.507 e. The molecule has 0 spiro atoms. The van der Waals surface area contributed by atoms with E-state index in [-0.39, 0.29) is 10.9 Å². The van der Waals surface area contributed by atoms with Crippen molar-refractivity contribution < 1.29 is 19.1 Å². The van der Waals surface area contributed by atoms with Gasteiger partial charge >= 0.3 is 0 Å². The van der Waals surface area contributed by atoms with Gasteiger partial charge in [0.15, 0.2) is 10.7 Å². The summed E-state index contributed by atoms with van der Waals surface area (Å²) in [6.45, 7) is 0. The van der Waals surface area contributed by atoms with Crippen LogP contribution in [0.2, 0.25) is 0 Å². The smallest absolute Gasteiger partial charge is 0.250 e. The predicted octanol–water partition coefficient (Wildman–Crippen LogP) is 7.02. The molecule has 0 radical (unpaired) electrons. The number of anilines is 1. The Morgan fingerprint density at radius 2 is 1.91 bits per heavy atom. The van der Waals surface area contributed by atoms with Crippen LogP contribution < -0.4 is 15.4 Å². The SMILES string of the molecule is COc1c(Br)cc(Br)cc1C=CC(=O)NC(=S)Nc1ccc2oc(-c3ccc(O)c(Br)c3)nc2c1. The molecule has 0 unspecified atom stereocenters. The highest BCUT2D eigenvalue weighted by molar-refractivity contribution is 9.11. The molecule has 3 N–H and O–H groups in total. The molecule has 4 rings (SSSR count). The molecule has 1 aromatic heterocycles. The number of ether oxygens (including phenoxy) is 1. The summed E-state index contributed by atoms with van der Waals surface area (Å²) >= 11 is 15.4. The number of phenolic OH excluding ortho intramolecular Hbond substituents is 1. The summed E-state index contributed by atoms with van der Waals surface area (Å²) in [5.74, 6) is 0.750. The van der Waals surface area contributed by atoms with Crippen molar-refractivity contribution in [2.24, 2.45) is 0 Å². The van der Waals surface area contributed by atoms with Gasteiger partial charge in [-0.15, -0.1) is 0 Å². The third-order valence-electron chi connectivity index (χ3n) is 4.73. The molecule has 0 aliphatic rings. The fraction of sp³-hybridized carbons (Fsp3) is 0.0417.